The van der Waals surface area contributed by atoms with Crippen LogP contribution in [0.5, 0.6) is 0 Å². The quantitative estimate of drug-likeness (QED) is 0.600. The summed E-state index contributed by atoms with van der Waals surface area (Å²) in [5, 5.41) is 11.4. The fourth-order valence-corrected chi connectivity index (χ4v) is 1.14. The Labute approximate surface area is 88.5 Å². The number of ether oxygens (including phenoxy) is 1. The minimum Gasteiger partial charge on any atom is -0.465 e. The van der Waals surface area contributed by atoms with E-state index in [2.05, 4.69) is 10.1 Å². The molecule has 0 radical (unpaired) electrons. The Balaban J connectivity index is 2.66. The lowest BCUT2D eigenvalue weighted by atomic mass is 10.2. The standard InChI is InChI=1S/C11H12N2O2/c1-15-11(14)9-4-2-5-10(8-9)13-7-3-6-12/h2,4-5,8,13H,3,7H2,1H3. The van der Waals surface area contributed by atoms with Crippen LogP contribution in [0, 0.1) is 11.3 Å². The van der Waals surface area contributed by atoms with Gasteiger partial charge in [-0.05, 0) is 18.2 Å². The van der Waals surface area contributed by atoms with Crippen molar-refractivity contribution < 1.29 is 9.53 Å². The summed E-state index contributed by atoms with van der Waals surface area (Å²) < 4.78 is 4.60. The molecule has 0 saturated heterocycles. The molecular formula is C11H12N2O2. The molecule has 1 rings (SSSR count). The number of anilines is 1. The Morgan fingerprint density at radius 1 is 1.60 bits per heavy atom. The van der Waals surface area contributed by atoms with E-state index in [1.165, 1.54) is 7.11 Å². The van der Waals surface area contributed by atoms with Crippen molar-refractivity contribution in [2.45, 2.75) is 6.42 Å². The Kier molecular flexibility index (Phi) is 4.17. The van der Waals surface area contributed by atoms with E-state index in [0.29, 0.717) is 18.5 Å². The average Bonchev–Trinajstić information content (AvgIpc) is 2.29. The maximum absolute atomic E-state index is 11.2. The van der Waals surface area contributed by atoms with E-state index in [9.17, 15) is 4.79 Å². The molecule has 0 amide bonds. The van der Waals surface area contributed by atoms with Crippen LogP contribution in [0.15, 0.2) is 24.3 Å². The number of hydrogen-bond acceptors (Lipinski definition) is 4. The highest BCUT2D eigenvalue weighted by molar-refractivity contribution is 5.90. The average molecular weight is 204 g/mol. The van der Waals surface area contributed by atoms with Gasteiger partial charge in [0, 0.05) is 12.2 Å². The van der Waals surface area contributed by atoms with Gasteiger partial charge in [0.15, 0.2) is 0 Å². The molecule has 0 aliphatic carbocycles. The molecule has 1 N–H and O–H groups in total. The van der Waals surface area contributed by atoms with Crippen molar-refractivity contribution in [1.82, 2.24) is 0 Å². The van der Waals surface area contributed by atoms with Crippen LogP contribution in [0.3, 0.4) is 0 Å². The molecule has 0 aliphatic rings. The Morgan fingerprint density at radius 3 is 3.07 bits per heavy atom. The van der Waals surface area contributed by atoms with E-state index in [-0.39, 0.29) is 5.97 Å². The zero-order valence-electron chi connectivity index (χ0n) is 8.49. The number of rotatable bonds is 4. The first-order valence-electron chi connectivity index (χ1n) is 4.57. The lowest BCUT2D eigenvalue weighted by Gasteiger charge is -2.05. The summed E-state index contributed by atoms with van der Waals surface area (Å²) in [6, 6.07) is 9.01. The minimum absolute atomic E-state index is 0.362. The van der Waals surface area contributed by atoms with Crippen LogP contribution < -0.4 is 5.32 Å². The van der Waals surface area contributed by atoms with Crippen LogP contribution in [0.1, 0.15) is 16.8 Å². The maximum atomic E-state index is 11.2. The van der Waals surface area contributed by atoms with Gasteiger partial charge in [0.1, 0.15) is 0 Å². The monoisotopic (exact) mass is 204 g/mol. The molecule has 0 unspecified atom stereocenters. The summed E-state index contributed by atoms with van der Waals surface area (Å²) >= 11 is 0. The second kappa shape index (κ2) is 5.66. The Bertz CT molecular complexity index is 382. The normalized spacial score (nSPS) is 9.07. The highest BCUT2D eigenvalue weighted by atomic mass is 16.5. The number of carbonyl (C=O) groups excluding carboxylic acids is 1. The van der Waals surface area contributed by atoms with Gasteiger partial charge < -0.3 is 10.1 Å². The molecule has 0 aromatic heterocycles. The van der Waals surface area contributed by atoms with Gasteiger partial charge in [0.2, 0.25) is 0 Å². The first-order valence-corrected chi connectivity index (χ1v) is 4.57. The number of esters is 1. The number of methoxy groups -OCH3 is 1. The van der Waals surface area contributed by atoms with Gasteiger partial charge in [-0.2, -0.15) is 5.26 Å². The minimum atomic E-state index is -0.362. The zero-order valence-corrected chi connectivity index (χ0v) is 8.49. The molecular weight excluding hydrogens is 192 g/mol. The third kappa shape index (κ3) is 3.31. The summed E-state index contributed by atoms with van der Waals surface area (Å²) in [7, 11) is 1.35. The van der Waals surface area contributed by atoms with Gasteiger partial charge in [-0.25, -0.2) is 4.79 Å². The topological polar surface area (TPSA) is 62.1 Å². The highest BCUT2D eigenvalue weighted by Gasteiger charge is 2.04. The van der Waals surface area contributed by atoms with E-state index in [1.54, 1.807) is 18.2 Å². The van der Waals surface area contributed by atoms with Crippen molar-refractivity contribution in [3.05, 3.63) is 29.8 Å². The fraction of sp³-hybridized carbons (Fsp3) is 0.273. The lowest BCUT2D eigenvalue weighted by molar-refractivity contribution is 0.0601. The number of carbonyl (C=O) groups is 1. The van der Waals surface area contributed by atoms with E-state index < -0.39 is 0 Å². The largest absolute Gasteiger partial charge is 0.465 e. The highest BCUT2D eigenvalue weighted by Crippen LogP contribution is 2.11. The van der Waals surface area contributed by atoms with Gasteiger partial charge >= 0.3 is 5.97 Å². The van der Waals surface area contributed by atoms with E-state index in [4.69, 9.17) is 5.26 Å². The SMILES string of the molecule is COC(=O)c1cccc(NCCC#N)c1. The van der Waals surface area contributed by atoms with Crippen molar-refractivity contribution in [2.75, 3.05) is 19.0 Å². The smallest absolute Gasteiger partial charge is 0.337 e. The first kappa shape index (κ1) is 11.1. The second-order valence-electron chi connectivity index (χ2n) is 2.91. The van der Waals surface area contributed by atoms with Gasteiger partial charge in [0.05, 0.1) is 25.2 Å². The predicted molar refractivity (Wildman–Crippen MR) is 56.5 cm³/mol. The zero-order chi connectivity index (χ0) is 11.1. The van der Waals surface area contributed by atoms with E-state index >= 15 is 0 Å². The van der Waals surface area contributed by atoms with Gasteiger partial charge in [-0.1, -0.05) is 6.07 Å². The molecule has 0 saturated carbocycles. The Hall–Kier alpha value is -2.02. The van der Waals surface area contributed by atoms with Crippen LogP contribution in [-0.4, -0.2) is 19.6 Å². The lowest BCUT2D eigenvalue weighted by Crippen LogP contribution is -2.04. The molecule has 0 atom stereocenters. The van der Waals surface area contributed by atoms with Crippen molar-refractivity contribution >= 4 is 11.7 Å². The number of benzene rings is 1. The molecule has 78 valence electrons. The molecule has 1 aromatic carbocycles. The van der Waals surface area contributed by atoms with Crippen LogP contribution in [-0.2, 0) is 4.74 Å². The Morgan fingerprint density at radius 2 is 2.40 bits per heavy atom. The third-order valence-corrected chi connectivity index (χ3v) is 1.85. The van der Waals surface area contributed by atoms with Crippen LogP contribution >= 0.6 is 0 Å². The second-order valence-corrected chi connectivity index (χ2v) is 2.91. The van der Waals surface area contributed by atoms with Crippen molar-refractivity contribution in [2.24, 2.45) is 0 Å². The molecule has 0 fully saturated rings. The van der Waals surface area contributed by atoms with Crippen molar-refractivity contribution in [3.63, 3.8) is 0 Å². The van der Waals surface area contributed by atoms with E-state index in [0.717, 1.165) is 5.69 Å². The maximum Gasteiger partial charge on any atom is 0.337 e. The van der Waals surface area contributed by atoms with Gasteiger partial charge in [-0.15, -0.1) is 0 Å². The third-order valence-electron chi connectivity index (χ3n) is 1.85. The number of nitriles is 1. The van der Waals surface area contributed by atoms with Gasteiger partial charge in [0.25, 0.3) is 0 Å². The van der Waals surface area contributed by atoms with Crippen molar-refractivity contribution in [1.29, 1.82) is 5.26 Å². The van der Waals surface area contributed by atoms with Crippen LogP contribution in [0.2, 0.25) is 0 Å². The molecule has 4 nitrogen and oxygen atoms in total. The van der Waals surface area contributed by atoms with E-state index in [1.807, 2.05) is 12.1 Å². The summed E-state index contributed by atoms with van der Waals surface area (Å²) in [5.41, 5.74) is 1.31. The molecule has 0 heterocycles. The summed E-state index contributed by atoms with van der Waals surface area (Å²) in [6.45, 7) is 0.571. The molecule has 0 spiro atoms. The summed E-state index contributed by atoms with van der Waals surface area (Å²) in [4.78, 5) is 11.2. The molecule has 1 aromatic rings. The van der Waals surface area contributed by atoms with Gasteiger partial charge in [-0.3, -0.25) is 0 Å². The molecule has 0 aliphatic heterocycles. The predicted octanol–water partition coefficient (Wildman–Crippen LogP) is 1.80. The first-order chi connectivity index (χ1) is 7.27. The van der Waals surface area contributed by atoms with Crippen LogP contribution in [0.4, 0.5) is 5.69 Å². The number of nitrogens with zero attached hydrogens (tertiary/aromatic N) is 1. The number of hydrogen-bond donors (Lipinski definition) is 1. The fourth-order valence-electron chi connectivity index (χ4n) is 1.14. The molecule has 0 bridgehead atoms. The summed E-state index contributed by atoms with van der Waals surface area (Å²) in [6.07, 6.45) is 0.433. The molecule has 15 heavy (non-hydrogen) atoms. The van der Waals surface area contributed by atoms with Crippen LogP contribution in [0.25, 0.3) is 0 Å². The number of nitrogens with one attached hydrogen (secondary N) is 1. The molecule has 4 heteroatoms. The summed E-state index contributed by atoms with van der Waals surface area (Å²) in [5.74, 6) is -0.362. The van der Waals surface area contributed by atoms with Crippen molar-refractivity contribution in [3.8, 4) is 6.07 Å².